The third kappa shape index (κ3) is 5.64. The molecular formula is C17H18F3NO3. The average Bonchev–Trinajstić information content (AvgIpc) is 2.81. The maximum Gasteiger partial charge on any atom is 0.573 e. The molecular weight excluding hydrogens is 323 g/mol. The van der Waals surface area contributed by atoms with E-state index in [4.69, 9.17) is 4.42 Å². The van der Waals surface area contributed by atoms with Crippen molar-refractivity contribution in [3.05, 3.63) is 53.0 Å². The Balaban J connectivity index is 1.78. The summed E-state index contributed by atoms with van der Waals surface area (Å²) in [6, 6.07) is 7.36. The Bertz CT molecular complexity index is 690. The molecule has 1 aromatic heterocycles. The number of aryl methyl sites for hydroxylation is 3. The maximum atomic E-state index is 12.1. The van der Waals surface area contributed by atoms with Crippen LogP contribution in [0, 0.1) is 13.8 Å². The van der Waals surface area contributed by atoms with Crippen LogP contribution in [0.4, 0.5) is 13.2 Å². The van der Waals surface area contributed by atoms with Crippen molar-refractivity contribution in [2.45, 2.75) is 39.6 Å². The van der Waals surface area contributed by atoms with Gasteiger partial charge in [0.05, 0.1) is 0 Å². The summed E-state index contributed by atoms with van der Waals surface area (Å²) in [6.07, 6.45) is -4.03. The summed E-state index contributed by atoms with van der Waals surface area (Å²) in [5, 5.41) is 2.79. The molecule has 0 atom stereocenters. The molecule has 0 fully saturated rings. The third-order valence-electron chi connectivity index (χ3n) is 3.42. The van der Waals surface area contributed by atoms with E-state index in [-0.39, 0.29) is 18.1 Å². The van der Waals surface area contributed by atoms with Gasteiger partial charge < -0.3 is 14.5 Å². The monoisotopic (exact) mass is 341 g/mol. The number of rotatable bonds is 6. The number of alkyl halides is 3. The number of hydrogen-bond donors (Lipinski definition) is 1. The molecule has 130 valence electrons. The third-order valence-corrected chi connectivity index (χ3v) is 3.42. The number of carbonyl (C=O) groups is 1. The first kappa shape index (κ1) is 17.9. The molecule has 0 aliphatic heterocycles. The Labute approximate surface area is 137 Å². The Morgan fingerprint density at radius 1 is 1.21 bits per heavy atom. The summed E-state index contributed by atoms with van der Waals surface area (Å²) in [6.45, 7) is 4.06. The van der Waals surface area contributed by atoms with Gasteiger partial charge in [-0.1, -0.05) is 12.1 Å². The number of ether oxygens (including phenoxy) is 1. The van der Waals surface area contributed by atoms with Crippen molar-refractivity contribution < 1.29 is 27.1 Å². The zero-order valence-corrected chi connectivity index (χ0v) is 13.4. The van der Waals surface area contributed by atoms with E-state index in [1.165, 1.54) is 24.3 Å². The van der Waals surface area contributed by atoms with Crippen LogP contribution in [0.15, 0.2) is 34.7 Å². The van der Waals surface area contributed by atoms with Gasteiger partial charge in [-0.05, 0) is 44.0 Å². The van der Waals surface area contributed by atoms with Crippen molar-refractivity contribution in [1.29, 1.82) is 0 Å². The highest BCUT2D eigenvalue weighted by molar-refractivity contribution is 5.76. The molecule has 0 aliphatic rings. The van der Waals surface area contributed by atoms with Gasteiger partial charge in [0, 0.05) is 18.5 Å². The molecule has 2 rings (SSSR count). The van der Waals surface area contributed by atoms with Gasteiger partial charge in [-0.25, -0.2) is 0 Å². The van der Waals surface area contributed by atoms with E-state index >= 15 is 0 Å². The van der Waals surface area contributed by atoms with Crippen molar-refractivity contribution in [3.63, 3.8) is 0 Å². The van der Waals surface area contributed by atoms with Crippen molar-refractivity contribution in [2.24, 2.45) is 0 Å². The average molecular weight is 341 g/mol. The van der Waals surface area contributed by atoms with Crippen molar-refractivity contribution in [2.75, 3.05) is 0 Å². The molecule has 7 heteroatoms. The molecule has 1 N–H and O–H groups in total. The van der Waals surface area contributed by atoms with Crippen molar-refractivity contribution >= 4 is 5.91 Å². The Kier molecular flexibility index (Phi) is 5.54. The molecule has 0 saturated heterocycles. The lowest BCUT2D eigenvalue weighted by atomic mass is 10.1. The number of nitrogens with one attached hydrogen (secondary N) is 1. The minimum Gasteiger partial charge on any atom is -0.466 e. The highest BCUT2D eigenvalue weighted by Crippen LogP contribution is 2.23. The molecule has 2 aromatic rings. The Hall–Kier alpha value is -2.44. The van der Waals surface area contributed by atoms with Gasteiger partial charge in [0.2, 0.25) is 5.91 Å². The molecule has 1 aromatic carbocycles. The molecule has 1 heterocycles. The Morgan fingerprint density at radius 2 is 1.88 bits per heavy atom. The number of carbonyl (C=O) groups excluding carboxylic acids is 1. The van der Waals surface area contributed by atoms with E-state index < -0.39 is 6.36 Å². The second-order valence-corrected chi connectivity index (χ2v) is 5.41. The normalized spacial score (nSPS) is 11.4. The van der Waals surface area contributed by atoms with E-state index in [1.54, 1.807) is 0 Å². The molecule has 0 bridgehead atoms. The smallest absolute Gasteiger partial charge is 0.466 e. The number of benzene rings is 1. The number of hydrogen-bond acceptors (Lipinski definition) is 3. The van der Waals surface area contributed by atoms with Crippen LogP contribution in [0.1, 0.15) is 29.1 Å². The fourth-order valence-corrected chi connectivity index (χ4v) is 2.26. The van der Waals surface area contributed by atoms with E-state index in [2.05, 4.69) is 10.1 Å². The molecule has 0 saturated carbocycles. The molecule has 0 aliphatic carbocycles. The zero-order chi connectivity index (χ0) is 17.7. The van der Waals surface area contributed by atoms with Crippen molar-refractivity contribution in [3.8, 4) is 5.75 Å². The fraction of sp³-hybridized carbons (Fsp3) is 0.353. The summed E-state index contributed by atoms with van der Waals surface area (Å²) in [5.74, 6) is 1.15. The second kappa shape index (κ2) is 7.42. The lowest BCUT2D eigenvalue weighted by molar-refractivity contribution is -0.274. The first-order valence-electron chi connectivity index (χ1n) is 7.40. The molecule has 4 nitrogen and oxygen atoms in total. The molecule has 24 heavy (non-hydrogen) atoms. The van der Waals surface area contributed by atoms with Crippen LogP contribution in [-0.2, 0) is 17.8 Å². The largest absolute Gasteiger partial charge is 0.573 e. The molecule has 0 spiro atoms. The zero-order valence-electron chi connectivity index (χ0n) is 13.4. The summed E-state index contributed by atoms with van der Waals surface area (Å²) in [5.41, 5.74) is 1.68. The van der Waals surface area contributed by atoms with Crippen LogP contribution in [-0.4, -0.2) is 12.3 Å². The maximum absolute atomic E-state index is 12.1. The predicted octanol–water partition coefficient (Wildman–Crippen LogP) is 4.04. The molecule has 1 amide bonds. The van der Waals surface area contributed by atoms with Crippen LogP contribution in [0.25, 0.3) is 0 Å². The van der Waals surface area contributed by atoms with Crippen LogP contribution in [0.3, 0.4) is 0 Å². The van der Waals surface area contributed by atoms with Gasteiger partial charge in [0.15, 0.2) is 0 Å². The molecule has 0 radical (unpaired) electrons. The standard InChI is InChI=1S/C17H18F3NO3/c1-11-9-14(12(2)23-11)10-21-16(22)8-5-13-3-6-15(7-4-13)24-17(18,19)20/h3-4,6-7,9H,5,8,10H2,1-2H3,(H,21,22). The number of amides is 1. The van der Waals surface area contributed by atoms with Gasteiger partial charge in [-0.2, -0.15) is 0 Å². The van der Waals surface area contributed by atoms with E-state index in [1.807, 2.05) is 19.9 Å². The minimum atomic E-state index is -4.70. The van der Waals surface area contributed by atoms with Gasteiger partial charge in [0.1, 0.15) is 17.3 Å². The highest BCUT2D eigenvalue weighted by Gasteiger charge is 2.30. The second-order valence-electron chi connectivity index (χ2n) is 5.41. The lowest BCUT2D eigenvalue weighted by Crippen LogP contribution is -2.23. The SMILES string of the molecule is Cc1cc(CNC(=O)CCc2ccc(OC(F)(F)F)cc2)c(C)o1. The van der Waals surface area contributed by atoms with Gasteiger partial charge in [0.25, 0.3) is 0 Å². The first-order chi connectivity index (χ1) is 11.2. The first-order valence-corrected chi connectivity index (χ1v) is 7.40. The Morgan fingerprint density at radius 3 is 2.42 bits per heavy atom. The topological polar surface area (TPSA) is 51.5 Å². The van der Waals surface area contributed by atoms with Crippen LogP contribution in [0.5, 0.6) is 5.75 Å². The van der Waals surface area contributed by atoms with Gasteiger partial charge in [-0.15, -0.1) is 13.2 Å². The van der Waals surface area contributed by atoms with Crippen molar-refractivity contribution in [1.82, 2.24) is 5.32 Å². The minimum absolute atomic E-state index is 0.135. The summed E-state index contributed by atoms with van der Waals surface area (Å²) in [7, 11) is 0. The van der Waals surface area contributed by atoms with E-state index in [0.717, 1.165) is 22.6 Å². The van der Waals surface area contributed by atoms with Gasteiger partial charge >= 0.3 is 6.36 Å². The van der Waals surface area contributed by atoms with Crippen LogP contribution < -0.4 is 10.1 Å². The van der Waals surface area contributed by atoms with E-state index in [9.17, 15) is 18.0 Å². The quantitative estimate of drug-likeness (QED) is 0.863. The van der Waals surface area contributed by atoms with Crippen LogP contribution in [0.2, 0.25) is 0 Å². The highest BCUT2D eigenvalue weighted by atomic mass is 19.4. The van der Waals surface area contributed by atoms with E-state index in [0.29, 0.717) is 13.0 Å². The number of furan rings is 1. The summed E-state index contributed by atoms with van der Waals surface area (Å²) >= 11 is 0. The fourth-order valence-electron chi connectivity index (χ4n) is 2.26. The van der Waals surface area contributed by atoms with Gasteiger partial charge in [-0.3, -0.25) is 4.79 Å². The lowest BCUT2D eigenvalue weighted by Gasteiger charge is -2.09. The predicted molar refractivity (Wildman–Crippen MR) is 81.5 cm³/mol. The number of halogens is 3. The summed E-state index contributed by atoms with van der Waals surface area (Å²) < 4.78 is 45.4. The van der Waals surface area contributed by atoms with Crippen LogP contribution >= 0.6 is 0 Å². The molecule has 0 unspecified atom stereocenters. The summed E-state index contributed by atoms with van der Waals surface area (Å²) in [4.78, 5) is 11.8.